The van der Waals surface area contributed by atoms with E-state index in [1.54, 1.807) is 100 Å². The van der Waals surface area contributed by atoms with Crippen molar-refractivity contribution in [3.05, 3.63) is 240 Å². The van der Waals surface area contributed by atoms with Gasteiger partial charge < -0.3 is 0 Å². The van der Waals surface area contributed by atoms with Crippen molar-refractivity contribution in [2.45, 2.75) is 119 Å². The van der Waals surface area contributed by atoms with Gasteiger partial charge in [0.05, 0.1) is 0 Å². The minimum atomic E-state index is 0.191. The van der Waals surface area contributed by atoms with Gasteiger partial charge in [0.2, 0.25) is 0 Å². The molecule has 0 spiro atoms. The molecule has 0 heteroatoms. The second kappa shape index (κ2) is 11.3. The zero-order valence-electron chi connectivity index (χ0n) is 37.4. The Morgan fingerprint density at radius 1 is 0.167 bits per heavy atom. The summed E-state index contributed by atoms with van der Waals surface area (Å²) >= 11 is 0. The summed E-state index contributed by atoms with van der Waals surface area (Å²) in [6, 6.07) is 31.3. The molecule has 0 aliphatic heterocycles. The van der Waals surface area contributed by atoms with Gasteiger partial charge in [-0.1, -0.05) is 72.8 Å². The Morgan fingerprint density at radius 2 is 0.250 bits per heavy atom. The van der Waals surface area contributed by atoms with Crippen LogP contribution < -0.4 is 0 Å². The molecule has 7 aromatic carbocycles. The number of hydrogen-bond donors (Lipinski definition) is 0. The quantitative estimate of drug-likeness (QED) is 0.144. The van der Waals surface area contributed by atoms with Gasteiger partial charge >= 0.3 is 0 Å². The number of hydrogen-bond acceptors (Lipinski definition) is 0. The van der Waals surface area contributed by atoms with Crippen molar-refractivity contribution in [2.24, 2.45) is 0 Å². The van der Waals surface area contributed by atoms with Crippen molar-refractivity contribution in [1.82, 2.24) is 0 Å². The van der Waals surface area contributed by atoms with Crippen LogP contribution in [0, 0.1) is 83.1 Å². The lowest BCUT2D eigenvalue weighted by Gasteiger charge is -2.55. The van der Waals surface area contributed by atoms with Crippen molar-refractivity contribution < 1.29 is 0 Å². The zero-order chi connectivity index (χ0) is 41.3. The molecule has 0 aromatic heterocycles. The molecule has 0 nitrogen and oxygen atoms in total. The molecule has 0 unspecified atom stereocenters. The third kappa shape index (κ3) is 4.01. The summed E-state index contributed by atoms with van der Waals surface area (Å²) in [4.78, 5) is 0. The molecule has 0 radical (unpaired) electrons. The standard InChI is InChI=1S/C60H54/c1-25-13-37-38(14-26(25)2)50-40-16-28(4)27(3)15-39(40)49(37)55-56(50)58-52-45-21-33(9)35(11)23-47(45)54(48-24-36(12)34(10)22-46(48)52)60(58)59-53-43-19-31(7)29(5)17-41(43)51(57(55)59)42-18-30(6)32(8)20-44(42)53/h13-24,49-54H,1-12H3. The van der Waals surface area contributed by atoms with Crippen LogP contribution in [-0.2, 0) is 0 Å². The van der Waals surface area contributed by atoms with Gasteiger partial charge in [-0.05, 0) is 250 Å². The molecule has 6 bridgehead atoms. The lowest BCUT2D eigenvalue weighted by Crippen LogP contribution is -2.40. The highest BCUT2D eigenvalue weighted by molar-refractivity contribution is 5.85. The van der Waals surface area contributed by atoms with Crippen LogP contribution in [0.1, 0.15) is 202 Å². The van der Waals surface area contributed by atoms with Gasteiger partial charge in [0, 0.05) is 35.5 Å². The Kier molecular flexibility index (Phi) is 6.63. The molecule has 0 fully saturated rings. The van der Waals surface area contributed by atoms with Gasteiger partial charge in [0.25, 0.3) is 0 Å². The third-order valence-electron chi connectivity index (χ3n) is 17.4. The van der Waals surface area contributed by atoms with Crippen LogP contribution in [0.15, 0.2) is 72.8 Å². The first-order valence-electron chi connectivity index (χ1n) is 22.6. The smallest absolute Gasteiger partial charge is 0.0352 e. The Bertz CT molecular complexity index is 2490. The van der Waals surface area contributed by atoms with E-state index in [4.69, 9.17) is 0 Å². The topological polar surface area (TPSA) is 0 Å². The Balaban J connectivity index is 1.27. The molecule has 0 heterocycles. The van der Waals surface area contributed by atoms with E-state index in [9.17, 15) is 0 Å². The molecule has 0 saturated carbocycles. The van der Waals surface area contributed by atoms with Gasteiger partial charge in [0.1, 0.15) is 0 Å². The van der Waals surface area contributed by atoms with Gasteiger partial charge in [-0.3, -0.25) is 0 Å². The van der Waals surface area contributed by atoms with E-state index in [1.165, 1.54) is 66.8 Å². The molecule has 9 aliphatic rings. The van der Waals surface area contributed by atoms with Gasteiger partial charge in [0.15, 0.2) is 0 Å². The molecule has 16 rings (SSSR count). The summed E-state index contributed by atoms with van der Waals surface area (Å²) in [6.07, 6.45) is 0. The zero-order valence-corrected chi connectivity index (χ0v) is 37.4. The van der Waals surface area contributed by atoms with E-state index in [0.717, 1.165) is 0 Å². The lowest BCUT2D eigenvalue weighted by molar-refractivity contribution is 0.640. The molecule has 0 N–H and O–H groups in total. The predicted molar refractivity (Wildman–Crippen MR) is 248 cm³/mol. The van der Waals surface area contributed by atoms with E-state index in [2.05, 4.69) is 156 Å². The molecule has 0 atom stereocenters. The maximum absolute atomic E-state index is 2.61. The van der Waals surface area contributed by atoms with Crippen molar-refractivity contribution >= 4 is 0 Å². The Labute approximate surface area is 356 Å². The van der Waals surface area contributed by atoms with Crippen LogP contribution in [-0.4, -0.2) is 0 Å². The predicted octanol–water partition coefficient (Wildman–Crippen LogP) is 14.3. The second-order valence-corrected chi connectivity index (χ2v) is 20.5. The summed E-state index contributed by atoms with van der Waals surface area (Å²) in [7, 11) is 0. The molecule has 7 aromatic rings. The van der Waals surface area contributed by atoms with Crippen LogP contribution in [0.5, 0.6) is 0 Å². The van der Waals surface area contributed by atoms with Gasteiger partial charge in [-0.15, -0.1) is 0 Å². The molecule has 60 heavy (non-hydrogen) atoms. The lowest BCUT2D eigenvalue weighted by atomic mass is 9.47. The Morgan fingerprint density at radius 3 is 0.333 bits per heavy atom. The number of benzene rings is 7. The van der Waals surface area contributed by atoms with Crippen molar-refractivity contribution in [1.29, 1.82) is 0 Å². The van der Waals surface area contributed by atoms with E-state index in [1.807, 2.05) is 0 Å². The number of rotatable bonds is 0. The van der Waals surface area contributed by atoms with E-state index in [0.29, 0.717) is 0 Å². The molecule has 0 saturated heterocycles. The first-order chi connectivity index (χ1) is 28.7. The average Bonchev–Trinajstić information content (AvgIpc) is 3.20. The van der Waals surface area contributed by atoms with Crippen molar-refractivity contribution in [2.75, 3.05) is 0 Å². The summed E-state index contributed by atoms with van der Waals surface area (Å²) in [6.45, 7) is 28.1. The molecule has 0 amide bonds. The molecule has 9 aliphatic carbocycles. The highest BCUT2D eigenvalue weighted by Gasteiger charge is 2.56. The fraction of sp³-hybridized carbons (Fsp3) is 0.300. The molecular formula is C60H54. The van der Waals surface area contributed by atoms with Gasteiger partial charge in [-0.2, -0.15) is 0 Å². The van der Waals surface area contributed by atoms with Crippen LogP contribution in [0.4, 0.5) is 0 Å². The first-order valence-corrected chi connectivity index (χ1v) is 22.6. The SMILES string of the molecule is Cc1cc2c(cc1C)C1c3cc(C)c(C)cc3C2c2c3c(c4c(c21)C1c2cc(C)c(C)cc2C4c2cc(C)c(C)cc21)C1c2cc(C)c(C)cc2C3c2cc(C)c(C)cc21. The fourth-order valence-electron chi connectivity index (χ4n) is 13.8. The second-order valence-electron chi connectivity index (χ2n) is 20.5. The molecule has 294 valence electrons. The van der Waals surface area contributed by atoms with Crippen LogP contribution in [0.3, 0.4) is 0 Å². The highest BCUT2D eigenvalue weighted by Crippen LogP contribution is 2.70. The summed E-state index contributed by atoms with van der Waals surface area (Å²) < 4.78 is 0. The minimum Gasteiger partial charge on any atom is -0.0546 e. The highest BCUT2D eigenvalue weighted by atomic mass is 14.6. The average molecular weight is 775 g/mol. The van der Waals surface area contributed by atoms with Crippen LogP contribution in [0.25, 0.3) is 0 Å². The van der Waals surface area contributed by atoms with Crippen LogP contribution >= 0.6 is 0 Å². The normalized spacial score (nSPS) is 22.0. The molecular weight excluding hydrogens is 721 g/mol. The fourth-order valence-corrected chi connectivity index (χ4v) is 13.8. The van der Waals surface area contributed by atoms with E-state index in [-0.39, 0.29) is 35.5 Å². The van der Waals surface area contributed by atoms with Crippen molar-refractivity contribution in [3.8, 4) is 0 Å². The maximum Gasteiger partial charge on any atom is 0.0352 e. The van der Waals surface area contributed by atoms with E-state index < -0.39 is 0 Å². The van der Waals surface area contributed by atoms with Crippen LogP contribution in [0.2, 0.25) is 0 Å². The minimum absolute atomic E-state index is 0.191. The Hall–Kier alpha value is -5.46. The summed E-state index contributed by atoms with van der Waals surface area (Å²) in [5, 5.41) is 0. The van der Waals surface area contributed by atoms with Gasteiger partial charge in [-0.25, -0.2) is 0 Å². The third-order valence-corrected chi connectivity index (χ3v) is 17.4. The summed E-state index contributed by atoms with van der Waals surface area (Å²) in [5.41, 5.74) is 45.5. The maximum atomic E-state index is 2.61. The van der Waals surface area contributed by atoms with E-state index >= 15 is 0 Å². The first kappa shape index (κ1) is 35.3. The number of aryl methyl sites for hydroxylation is 12. The van der Waals surface area contributed by atoms with Crippen molar-refractivity contribution in [3.63, 3.8) is 0 Å². The monoisotopic (exact) mass is 774 g/mol. The largest absolute Gasteiger partial charge is 0.0546 e. The summed E-state index contributed by atoms with van der Waals surface area (Å²) in [5.74, 6) is 1.14.